The maximum Gasteiger partial charge on any atom is 0.243 e. The van der Waals surface area contributed by atoms with Crippen LogP contribution in [0.15, 0.2) is 12.2 Å². The second-order valence-corrected chi connectivity index (χ2v) is 3.85. The van der Waals surface area contributed by atoms with E-state index in [4.69, 9.17) is 4.74 Å². The van der Waals surface area contributed by atoms with Crippen LogP contribution in [0.25, 0.3) is 0 Å². The molecular weight excluding hydrogens is 204 g/mol. The molecule has 0 aliphatic carbocycles. The van der Waals surface area contributed by atoms with Gasteiger partial charge in [-0.05, 0) is 32.4 Å². The average Bonchev–Trinajstić information content (AvgIpc) is 2.31. The lowest BCUT2D eigenvalue weighted by Crippen LogP contribution is -2.30. The van der Waals surface area contributed by atoms with E-state index in [-0.39, 0.29) is 5.91 Å². The van der Waals surface area contributed by atoms with Crippen molar-refractivity contribution in [2.24, 2.45) is 0 Å². The van der Waals surface area contributed by atoms with E-state index in [9.17, 15) is 4.79 Å². The van der Waals surface area contributed by atoms with E-state index in [1.54, 1.807) is 13.2 Å². The molecule has 1 aliphatic heterocycles. The maximum atomic E-state index is 11.3. The Labute approximate surface area is 97.6 Å². The fraction of sp³-hybridized carbons (Fsp3) is 0.667. The number of nitrogens with zero attached hydrogens (tertiary/aromatic N) is 1. The summed E-state index contributed by atoms with van der Waals surface area (Å²) in [7, 11) is 1.62. The van der Waals surface area contributed by atoms with Crippen LogP contribution in [0, 0.1) is 6.42 Å². The van der Waals surface area contributed by atoms with E-state index >= 15 is 0 Å². The number of ether oxygens (including phenoxy) is 1. The van der Waals surface area contributed by atoms with Gasteiger partial charge in [0.1, 0.15) is 0 Å². The Balaban J connectivity index is 2.07. The van der Waals surface area contributed by atoms with Crippen molar-refractivity contribution in [2.75, 3.05) is 39.9 Å². The van der Waals surface area contributed by atoms with E-state index in [1.807, 2.05) is 6.08 Å². The lowest BCUT2D eigenvalue weighted by molar-refractivity contribution is -0.116. The maximum absolute atomic E-state index is 11.3. The summed E-state index contributed by atoms with van der Waals surface area (Å²) in [6, 6.07) is 0. The second kappa shape index (κ2) is 8.30. The summed E-state index contributed by atoms with van der Waals surface area (Å²) in [5.41, 5.74) is 0. The zero-order chi connectivity index (χ0) is 11.6. The monoisotopic (exact) mass is 225 g/mol. The van der Waals surface area contributed by atoms with Crippen molar-refractivity contribution in [3.05, 3.63) is 18.6 Å². The Morgan fingerprint density at radius 3 is 2.94 bits per heavy atom. The molecule has 0 saturated carbocycles. The molecule has 0 unspecified atom stereocenters. The number of amides is 1. The van der Waals surface area contributed by atoms with Gasteiger partial charge in [-0.15, -0.1) is 0 Å². The highest BCUT2D eigenvalue weighted by Gasteiger charge is 2.07. The van der Waals surface area contributed by atoms with Crippen molar-refractivity contribution in [3.8, 4) is 0 Å². The summed E-state index contributed by atoms with van der Waals surface area (Å²) in [6.45, 7) is 4.21. The summed E-state index contributed by atoms with van der Waals surface area (Å²) >= 11 is 0. The van der Waals surface area contributed by atoms with Crippen LogP contribution < -0.4 is 5.32 Å². The van der Waals surface area contributed by atoms with Gasteiger partial charge in [0.05, 0.1) is 6.61 Å². The molecule has 0 aromatic rings. The molecule has 1 amide bonds. The standard InChI is InChI=1S/C12H21N2O2/c1-16-11-7-13-12(15)6-5-10-14-8-3-2-4-9-14/h2,5-6H,3-4,7-11H2,1H3,(H,13,15)/b6-5+. The van der Waals surface area contributed by atoms with Crippen molar-refractivity contribution in [3.63, 3.8) is 0 Å². The van der Waals surface area contributed by atoms with Gasteiger partial charge in [0.25, 0.3) is 0 Å². The minimum absolute atomic E-state index is 0.0411. The van der Waals surface area contributed by atoms with Crippen LogP contribution in [0.3, 0.4) is 0 Å². The molecule has 0 atom stereocenters. The predicted octanol–water partition coefficient (Wildman–Crippen LogP) is 0.605. The Kier molecular flexibility index (Phi) is 6.85. The first-order valence-corrected chi connectivity index (χ1v) is 5.80. The van der Waals surface area contributed by atoms with Crippen LogP contribution in [0.1, 0.15) is 12.8 Å². The van der Waals surface area contributed by atoms with E-state index in [0.29, 0.717) is 13.2 Å². The molecule has 4 heteroatoms. The summed E-state index contributed by atoms with van der Waals surface area (Å²) in [5.74, 6) is -0.0411. The number of hydrogen-bond donors (Lipinski definition) is 1. The van der Waals surface area contributed by atoms with Crippen LogP contribution in [-0.4, -0.2) is 50.7 Å². The van der Waals surface area contributed by atoms with E-state index < -0.39 is 0 Å². The number of piperidine rings is 1. The molecule has 91 valence electrons. The molecule has 16 heavy (non-hydrogen) atoms. The molecular formula is C12H21N2O2. The van der Waals surface area contributed by atoms with Crippen molar-refractivity contribution in [1.82, 2.24) is 10.2 Å². The van der Waals surface area contributed by atoms with Gasteiger partial charge in [0.2, 0.25) is 5.91 Å². The highest BCUT2D eigenvalue weighted by molar-refractivity contribution is 5.87. The summed E-state index contributed by atoms with van der Waals surface area (Å²) < 4.78 is 4.84. The Morgan fingerprint density at radius 1 is 1.50 bits per heavy atom. The van der Waals surface area contributed by atoms with E-state index in [1.165, 1.54) is 0 Å². The van der Waals surface area contributed by atoms with Crippen LogP contribution in [0.2, 0.25) is 0 Å². The minimum atomic E-state index is -0.0411. The summed E-state index contributed by atoms with van der Waals surface area (Å²) in [6.07, 6.45) is 8.17. The fourth-order valence-electron chi connectivity index (χ4n) is 1.63. The van der Waals surface area contributed by atoms with Gasteiger partial charge in [0, 0.05) is 26.3 Å². The SMILES string of the molecule is COCCNC(=O)/C=C/CN1CC[CH]CC1. The van der Waals surface area contributed by atoms with Gasteiger partial charge in [-0.25, -0.2) is 0 Å². The van der Waals surface area contributed by atoms with Crippen LogP contribution in [0.5, 0.6) is 0 Å². The first-order valence-electron chi connectivity index (χ1n) is 5.80. The lowest BCUT2D eigenvalue weighted by atomic mass is 10.1. The number of methoxy groups -OCH3 is 1. The molecule has 0 aromatic heterocycles. The number of hydrogen-bond acceptors (Lipinski definition) is 3. The molecule has 1 heterocycles. The number of carbonyl (C=O) groups excluding carboxylic acids is 1. The Morgan fingerprint density at radius 2 is 2.25 bits per heavy atom. The van der Waals surface area contributed by atoms with Gasteiger partial charge in [-0.1, -0.05) is 6.08 Å². The third-order valence-corrected chi connectivity index (χ3v) is 2.54. The molecule has 1 radical (unpaired) electrons. The first kappa shape index (κ1) is 13.2. The Bertz CT molecular complexity index is 223. The van der Waals surface area contributed by atoms with Crippen molar-refractivity contribution < 1.29 is 9.53 Å². The molecule has 0 aromatic carbocycles. The molecule has 1 rings (SSSR count). The molecule has 1 aliphatic rings. The van der Waals surface area contributed by atoms with Crippen LogP contribution in [-0.2, 0) is 9.53 Å². The van der Waals surface area contributed by atoms with Gasteiger partial charge < -0.3 is 10.1 Å². The minimum Gasteiger partial charge on any atom is -0.383 e. The van der Waals surface area contributed by atoms with Crippen molar-refractivity contribution >= 4 is 5.91 Å². The molecule has 1 N–H and O–H groups in total. The molecule has 0 spiro atoms. The van der Waals surface area contributed by atoms with Crippen LogP contribution >= 0.6 is 0 Å². The lowest BCUT2D eigenvalue weighted by Gasteiger charge is -2.24. The van der Waals surface area contributed by atoms with E-state index in [2.05, 4.69) is 16.6 Å². The van der Waals surface area contributed by atoms with Gasteiger partial charge in [-0.2, -0.15) is 0 Å². The molecule has 4 nitrogen and oxygen atoms in total. The number of rotatable bonds is 6. The topological polar surface area (TPSA) is 41.6 Å². The number of nitrogens with one attached hydrogen (secondary N) is 1. The quantitative estimate of drug-likeness (QED) is 0.532. The molecule has 1 fully saturated rings. The van der Waals surface area contributed by atoms with Crippen molar-refractivity contribution in [2.45, 2.75) is 12.8 Å². The average molecular weight is 225 g/mol. The number of likely N-dealkylation sites (tertiary alicyclic amines) is 1. The smallest absolute Gasteiger partial charge is 0.243 e. The fourth-order valence-corrected chi connectivity index (χ4v) is 1.63. The zero-order valence-electron chi connectivity index (χ0n) is 9.95. The van der Waals surface area contributed by atoms with Crippen molar-refractivity contribution in [1.29, 1.82) is 0 Å². The first-order chi connectivity index (χ1) is 7.83. The van der Waals surface area contributed by atoms with Gasteiger partial charge in [-0.3, -0.25) is 9.69 Å². The Hall–Kier alpha value is -0.870. The molecule has 1 saturated heterocycles. The van der Waals surface area contributed by atoms with E-state index in [0.717, 1.165) is 32.5 Å². The largest absolute Gasteiger partial charge is 0.383 e. The highest BCUT2D eigenvalue weighted by Crippen LogP contribution is 2.06. The predicted molar refractivity (Wildman–Crippen MR) is 64.0 cm³/mol. The summed E-state index contributed by atoms with van der Waals surface area (Å²) in [4.78, 5) is 13.6. The van der Waals surface area contributed by atoms with Crippen LogP contribution in [0.4, 0.5) is 0 Å². The normalized spacial score (nSPS) is 17.8. The third kappa shape index (κ3) is 5.88. The van der Waals surface area contributed by atoms with Gasteiger partial charge >= 0.3 is 0 Å². The summed E-state index contributed by atoms with van der Waals surface area (Å²) in [5, 5.41) is 2.75. The second-order valence-electron chi connectivity index (χ2n) is 3.85. The zero-order valence-corrected chi connectivity index (χ0v) is 9.95. The molecule has 0 bridgehead atoms. The highest BCUT2D eigenvalue weighted by atomic mass is 16.5. The van der Waals surface area contributed by atoms with Gasteiger partial charge in [0.15, 0.2) is 0 Å². The third-order valence-electron chi connectivity index (χ3n) is 2.54. The number of carbonyl (C=O) groups is 1.